The highest BCUT2D eigenvalue weighted by Gasteiger charge is 2.31. The molecule has 0 aliphatic heterocycles. The molecule has 0 radical (unpaired) electrons. The van der Waals surface area contributed by atoms with Gasteiger partial charge in [-0.15, -0.1) is 5.10 Å². The third kappa shape index (κ3) is 15.2. The Morgan fingerprint density at radius 1 is 1.12 bits per heavy atom. The van der Waals surface area contributed by atoms with E-state index in [-0.39, 0.29) is 77.2 Å². The van der Waals surface area contributed by atoms with E-state index >= 15 is 0 Å². The van der Waals surface area contributed by atoms with Crippen LogP contribution in [0.2, 0.25) is 20.1 Å². The van der Waals surface area contributed by atoms with Gasteiger partial charge in [0.25, 0.3) is 0 Å². The number of carboxylic acid groups (broad SMARTS) is 1. The highest BCUT2D eigenvalue weighted by molar-refractivity contribution is 7.99. The first-order chi connectivity index (χ1) is 27.6. The number of nitrogens with zero attached hydrogens (tertiary/aromatic N) is 4. The highest BCUT2D eigenvalue weighted by atomic mass is 35.5. The molecule has 0 bridgehead atoms. The van der Waals surface area contributed by atoms with Gasteiger partial charge in [-0.25, -0.2) is 22.6 Å². The second-order valence-corrected chi connectivity index (χ2v) is 17.7. The van der Waals surface area contributed by atoms with Crippen LogP contribution in [0.15, 0.2) is 57.2 Å². The number of aliphatic hydroxyl groups is 1. The summed E-state index contributed by atoms with van der Waals surface area (Å²) in [7, 11) is -2.31. The number of aromatic carboxylic acids is 1. The van der Waals surface area contributed by atoms with Crippen molar-refractivity contribution in [1.29, 1.82) is 0 Å². The Hall–Kier alpha value is -3.52. The number of methoxy groups -OCH3 is 1. The van der Waals surface area contributed by atoms with Crippen molar-refractivity contribution in [3.05, 3.63) is 89.2 Å². The lowest BCUT2D eigenvalue weighted by Gasteiger charge is -2.25. The molecule has 23 heteroatoms. The number of aryl methyl sites for hydroxylation is 1. The number of rotatable bonds is 15. The molecular weight excluding hydrogens is 926 g/mol. The lowest BCUT2D eigenvalue weighted by atomic mass is 9.82. The number of oxime groups is 1. The average Bonchev–Trinajstić information content (AvgIpc) is 3.43. The molecule has 1 aliphatic carbocycles. The minimum Gasteiger partial charge on any atom is -0.511 e. The van der Waals surface area contributed by atoms with Gasteiger partial charge in [0.2, 0.25) is 10.0 Å². The summed E-state index contributed by atoms with van der Waals surface area (Å²) in [6, 6.07) is 5.20. The van der Waals surface area contributed by atoms with Crippen LogP contribution in [0.3, 0.4) is 0 Å². The summed E-state index contributed by atoms with van der Waals surface area (Å²) in [6.07, 6.45) is 4.99. The fourth-order valence-electron chi connectivity index (χ4n) is 5.54. The van der Waals surface area contributed by atoms with Crippen LogP contribution in [0.25, 0.3) is 5.69 Å². The van der Waals surface area contributed by atoms with E-state index in [2.05, 4.69) is 28.8 Å². The number of anilines is 1. The van der Waals surface area contributed by atoms with Crippen LogP contribution >= 0.6 is 69.8 Å². The van der Waals surface area contributed by atoms with Crippen molar-refractivity contribution in [2.45, 2.75) is 65.2 Å². The Labute approximate surface area is 369 Å². The maximum atomic E-state index is 12.8. The number of ketones is 1. The molecule has 2 aromatic carbocycles. The van der Waals surface area contributed by atoms with Crippen LogP contribution in [0.4, 0.5) is 14.5 Å². The molecule has 3 N–H and O–H groups in total. The number of alkyl halides is 2. The number of aliphatic hydroxyl groups excluding tert-OH is 1. The number of aromatic nitrogens is 3. The summed E-state index contributed by atoms with van der Waals surface area (Å²) in [5.41, 5.74) is 0.811. The molecule has 1 heterocycles. The Morgan fingerprint density at radius 2 is 1.76 bits per heavy atom. The van der Waals surface area contributed by atoms with E-state index in [0.29, 0.717) is 40.5 Å². The van der Waals surface area contributed by atoms with E-state index < -0.39 is 28.2 Å². The smallest absolute Gasteiger partial charge is 0.355 e. The molecule has 0 saturated carbocycles. The van der Waals surface area contributed by atoms with E-state index in [1.165, 1.54) is 37.8 Å². The van der Waals surface area contributed by atoms with Gasteiger partial charge in [0.15, 0.2) is 11.5 Å². The van der Waals surface area contributed by atoms with Gasteiger partial charge in [-0.1, -0.05) is 83.9 Å². The first kappa shape index (κ1) is 51.6. The number of benzene rings is 2. The fourth-order valence-corrected chi connectivity index (χ4v) is 8.19. The topological polar surface area (TPSA) is 191 Å². The zero-order chi connectivity index (χ0) is 44.8. The average molecular weight is 968 g/mol. The van der Waals surface area contributed by atoms with Gasteiger partial charge in [0, 0.05) is 23.6 Å². The predicted molar refractivity (Wildman–Crippen MR) is 231 cm³/mol. The van der Waals surface area contributed by atoms with Crippen LogP contribution in [-0.4, -0.2) is 81.4 Å². The Balaban J connectivity index is 0.000000318. The lowest BCUT2D eigenvalue weighted by molar-refractivity contribution is -0.116. The Kier molecular flexibility index (Phi) is 21.0. The molecule has 2 unspecified atom stereocenters. The molecule has 0 saturated heterocycles. The van der Waals surface area contributed by atoms with Crippen LogP contribution in [0, 0.1) is 12.8 Å². The minimum absolute atomic E-state index is 0.0257. The van der Waals surface area contributed by atoms with Gasteiger partial charge in [-0.3, -0.25) is 9.52 Å². The third-order valence-corrected chi connectivity index (χ3v) is 11.0. The van der Waals surface area contributed by atoms with Crippen molar-refractivity contribution >= 4 is 103 Å². The van der Waals surface area contributed by atoms with Crippen LogP contribution in [0.5, 0.6) is 5.75 Å². The number of thioether (sulfide) groups is 1. The second kappa shape index (κ2) is 24.1. The number of carboxylic acids is 1. The first-order valence-electron chi connectivity index (χ1n) is 17.3. The number of hydrogen-bond donors (Lipinski definition) is 3. The number of carbonyl (C=O) groups excluding carboxylic acids is 1. The van der Waals surface area contributed by atoms with Crippen molar-refractivity contribution in [3.63, 3.8) is 0 Å². The number of allylic oxidation sites excluding steroid dienone is 2. The monoisotopic (exact) mass is 965 g/mol. The van der Waals surface area contributed by atoms with Crippen molar-refractivity contribution in [2.24, 2.45) is 11.1 Å². The number of nitrogens with one attached hydrogen (secondary N) is 1. The molecule has 59 heavy (non-hydrogen) atoms. The maximum absolute atomic E-state index is 12.8. The van der Waals surface area contributed by atoms with Crippen LogP contribution < -0.4 is 15.1 Å². The van der Waals surface area contributed by atoms with Crippen LogP contribution in [-0.2, 0) is 19.7 Å². The van der Waals surface area contributed by atoms with Gasteiger partial charge < -0.3 is 19.8 Å². The standard InChI is InChI=1S/C17H26ClNO3S.C11H10Cl2F2N4O3S.C8H6Cl2O3/c1-4-14(19-22-8-6-7-18)17-15(20)10-13(11-16(17)21)9-12(3)23-5-2;1-5-16-19(11(20)18(5)10(14)15)9-4-8(17-23(2,21)22)6(12)3-7(9)13;1-13-7-5(10)3-2-4(9)6(7)8(11)12/h6-7,12-13,20H,4-5,8-11H2,1-3H3;3-4,10,17H,1-2H3;2-3H,1H3,(H,11,12)/b7-6+,19-14+;;. The fraction of sp³-hybridized carbons (Fsp3) is 0.417. The third-order valence-electron chi connectivity index (χ3n) is 7.91. The molecule has 326 valence electrons. The molecule has 0 fully saturated rings. The zero-order valence-electron chi connectivity index (χ0n) is 32.4. The van der Waals surface area contributed by atoms with Gasteiger partial charge in [-0.2, -0.15) is 25.2 Å². The molecule has 0 amide bonds. The summed E-state index contributed by atoms with van der Waals surface area (Å²) >= 11 is 30.5. The molecule has 14 nitrogen and oxygen atoms in total. The molecule has 1 aliphatic rings. The van der Waals surface area contributed by atoms with Gasteiger partial charge in [0.05, 0.1) is 56.1 Å². The summed E-state index contributed by atoms with van der Waals surface area (Å²) in [6.45, 7) is 4.58. The molecule has 3 aromatic rings. The van der Waals surface area contributed by atoms with Gasteiger partial charge in [-0.05, 0) is 61.8 Å². The van der Waals surface area contributed by atoms with E-state index in [9.17, 15) is 36.7 Å². The van der Waals surface area contributed by atoms with Gasteiger partial charge >= 0.3 is 18.2 Å². The van der Waals surface area contributed by atoms with E-state index in [1.807, 2.05) is 18.7 Å². The van der Waals surface area contributed by atoms with Crippen LogP contribution in [0.1, 0.15) is 69.2 Å². The normalized spacial score (nSPS) is 15.1. The number of carbonyl (C=O) groups is 2. The predicted octanol–water partition coefficient (Wildman–Crippen LogP) is 9.96. The highest BCUT2D eigenvalue weighted by Crippen LogP contribution is 2.35. The van der Waals surface area contributed by atoms with Crippen molar-refractivity contribution in [3.8, 4) is 11.4 Å². The molecular formula is C36H42Cl5F2N5O9S2. The second-order valence-electron chi connectivity index (χ2n) is 12.4. The summed E-state index contributed by atoms with van der Waals surface area (Å²) in [5.74, 6) is 0.0788. The minimum atomic E-state index is -3.65. The largest absolute Gasteiger partial charge is 0.511 e. The molecule has 0 spiro atoms. The maximum Gasteiger partial charge on any atom is 0.355 e. The van der Waals surface area contributed by atoms with E-state index in [0.717, 1.165) is 24.5 Å². The SMILES string of the molecule is CCSC(C)CC1CC(=O)C(/C(CC)=N/OC/C=C/Cl)=C(O)C1.COc1c(Cl)ccc(Cl)c1C(=O)O.Cc1nn(-c2cc(NS(C)(=O)=O)c(Cl)cc2Cl)c(=O)n1C(F)F. The van der Waals surface area contributed by atoms with E-state index in [4.69, 9.17) is 72.7 Å². The molecule has 4 rings (SSSR count). The van der Waals surface area contributed by atoms with Gasteiger partial charge in [0.1, 0.15) is 23.8 Å². The zero-order valence-corrected chi connectivity index (χ0v) is 37.9. The van der Waals surface area contributed by atoms with E-state index in [1.54, 1.807) is 6.08 Å². The Bertz CT molecular complexity index is 2240. The molecule has 2 atom stereocenters. The number of ether oxygens (including phenoxy) is 1. The first-order valence-corrected chi connectivity index (χ1v) is 22.2. The number of hydrogen-bond acceptors (Lipinski definition) is 11. The number of sulfonamides is 1. The summed E-state index contributed by atoms with van der Waals surface area (Å²) in [4.78, 5) is 40.3. The van der Waals surface area contributed by atoms with Crippen molar-refractivity contribution < 1.29 is 46.6 Å². The number of halogens is 7. The Morgan fingerprint density at radius 3 is 2.25 bits per heavy atom. The molecule has 1 aromatic heterocycles. The van der Waals surface area contributed by atoms with Crippen molar-refractivity contribution in [2.75, 3.05) is 30.4 Å². The lowest BCUT2D eigenvalue weighted by Crippen LogP contribution is -2.26. The van der Waals surface area contributed by atoms with Crippen molar-refractivity contribution in [1.82, 2.24) is 14.3 Å². The quantitative estimate of drug-likeness (QED) is 0.0746. The summed E-state index contributed by atoms with van der Waals surface area (Å²) < 4.78 is 56.1. The number of Topliss-reactive ketones (excluding diaryl/α,β-unsaturated/α-hetero) is 1. The summed E-state index contributed by atoms with van der Waals surface area (Å²) in [5, 5.41) is 27.6.